The molecular weight excluding hydrogens is 260 g/mol. The van der Waals surface area contributed by atoms with Crippen molar-refractivity contribution < 1.29 is 9.49 Å². The van der Waals surface area contributed by atoms with Crippen molar-refractivity contribution in [1.82, 2.24) is 0 Å². The van der Waals surface area contributed by atoms with Gasteiger partial charge < -0.3 is 0 Å². The van der Waals surface area contributed by atoms with E-state index in [2.05, 4.69) is 15.9 Å². The highest BCUT2D eigenvalue weighted by molar-refractivity contribution is 9.10. The molecule has 0 saturated heterocycles. The van der Waals surface area contributed by atoms with Gasteiger partial charge in [0.05, 0.1) is 15.7 Å². The fourth-order valence-corrected chi connectivity index (χ4v) is 1.97. The zero-order valence-corrected chi connectivity index (χ0v) is 9.56. The van der Waals surface area contributed by atoms with Gasteiger partial charge in [0.25, 0.3) is 10.3 Å². The molecule has 4 nitrogen and oxygen atoms in total. The number of benzene rings is 1. The Labute approximate surface area is 94.4 Å². The Morgan fingerprint density at radius 1 is 1.33 bits per heavy atom. The summed E-state index contributed by atoms with van der Waals surface area (Å²) in [4.78, 5) is 10.4. The Hall–Kier alpha value is -1.49. The van der Waals surface area contributed by atoms with Crippen LogP contribution in [-0.4, -0.2) is 4.92 Å². The normalized spacial score (nSPS) is 10.5. The van der Waals surface area contributed by atoms with Crippen molar-refractivity contribution in [3.05, 3.63) is 45.2 Å². The average molecular weight is 268 g/mol. The molecule has 0 radical (unpaired) electrons. The molecule has 76 valence electrons. The van der Waals surface area contributed by atoms with Gasteiger partial charge in [0.2, 0.25) is 0 Å². The Kier molecular flexibility index (Phi) is 2.40. The zero-order valence-electron chi connectivity index (χ0n) is 7.98. The molecule has 0 spiro atoms. The first-order valence-electron chi connectivity index (χ1n) is 4.32. The van der Waals surface area contributed by atoms with Crippen molar-refractivity contribution in [3.63, 3.8) is 0 Å². The van der Waals surface area contributed by atoms with E-state index in [9.17, 15) is 10.1 Å². The van der Waals surface area contributed by atoms with E-state index in [4.69, 9.17) is 0 Å². The Morgan fingerprint density at radius 2 is 2.07 bits per heavy atom. The monoisotopic (exact) mass is 267 g/mol. The van der Waals surface area contributed by atoms with Crippen LogP contribution >= 0.6 is 15.9 Å². The summed E-state index contributed by atoms with van der Waals surface area (Å²) >= 11 is 3.40. The van der Waals surface area contributed by atoms with Gasteiger partial charge in [-0.1, -0.05) is 6.07 Å². The van der Waals surface area contributed by atoms with Crippen molar-refractivity contribution in [3.8, 4) is 0 Å². The maximum atomic E-state index is 10.8. The van der Waals surface area contributed by atoms with Crippen LogP contribution in [0.15, 0.2) is 35.1 Å². The molecule has 0 bridgehead atoms. The molecule has 0 fully saturated rings. The van der Waals surface area contributed by atoms with E-state index < -0.39 is 0 Å². The maximum absolute atomic E-state index is 10.8. The minimum Gasteiger partial charge on any atom is -0.258 e. The van der Waals surface area contributed by atoms with Gasteiger partial charge in [-0.05, 0) is 6.07 Å². The number of hydrogen-bond donors (Lipinski definition) is 0. The summed E-state index contributed by atoms with van der Waals surface area (Å²) in [5, 5.41) is 12.3. The summed E-state index contributed by atoms with van der Waals surface area (Å²) in [7, 11) is 1.88. The van der Waals surface area contributed by atoms with Crippen LogP contribution in [0.2, 0.25) is 0 Å². The molecular formula is C10H8BrN2O2+. The highest BCUT2D eigenvalue weighted by atomic mass is 79.9. The smallest absolute Gasteiger partial charge is 0.258 e. The second-order valence-corrected chi connectivity index (χ2v) is 3.96. The number of fused-ring (bicyclic) bond motifs is 1. The standard InChI is InChI=1S/C10H8BrN2O2/c1-12-6-5-7-8(10(12)11)3-2-4-9(7)13(14)15/h2-6H,1H3/q+1. The van der Waals surface area contributed by atoms with Gasteiger partial charge in [-0.15, -0.1) is 0 Å². The summed E-state index contributed by atoms with van der Waals surface area (Å²) in [5.41, 5.74) is 0.133. The third-order valence-electron chi connectivity index (χ3n) is 2.28. The lowest BCUT2D eigenvalue weighted by Gasteiger charge is -1.99. The van der Waals surface area contributed by atoms with Crippen LogP contribution in [0.3, 0.4) is 0 Å². The molecule has 1 aromatic carbocycles. The largest absolute Gasteiger partial charge is 0.277 e. The number of hydrogen-bond acceptors (Lipinski definition) is 2. The van der Waals surface area contributed by atoms with Gasteiger partial charge in [0, 0.05) is 28.1 Å². The Balaban J connectivity index is 2.89. The molecule has 0 atom stereocenters. The Bertz CT molecular complexity index is 554. The third-order valence-corrected chi connectivity index (χ3v) is 3.26. The molecule has 0 aliphatic carbocycles. The van der Waals surface area contributed by atoms with E-state index >= 15 is 0 Å². The second-order valence-electron chi connectivity index (χ2n) is 3.21. The highest BCUT2D eigenvalue weighted by Gasteiger charge is 2.16. The van der Waals surface area contributed by atoms with Crippen LogP contribution in [0.5, 0.6) is 0 Å². The third kappa shape index (κ3) is 1.59. The number of non-ortho nitro benzene ring substituents is 1. The molecule has 0 amide bonds. The molecule has 2 rings (SSSR count). The molecule has 2 aromatic rings. The van der Waals surface area contributed by atoms with E-state index in [1.165, 1.54) is 6.07 Å². The van der Waals surface area contributed by atoms with Gasteiger partial charge in [-0.2, -0.15) is 4.57 Å². The van der Waals surface area contributed by atoms with Gasteiger partial charge in [-0.3, -0.25) is 10.1 Å². The van der Waals surface area contributed by atoms with E-state index in [-0.39, 0.29) is 10.6 Å². The molecule has 0 aliphatic heterocycles. The predicted octanol–water partition coefficient (Wildman–Crippen LogP) is 2.33. The molecule has 0 aliphatic rings. The molecule has 1 aromatic heterocycles. The van der Waals surface area contributed by atoms with Crippen molar-refractivity contribution in [2.24, 2.45) is 7.05 Å². The van der Waals surface area contributed by atoms with Gasteiger partial charge >= 0.3 is 0 Å². The molecule has 5 heteroatoms. The van der Waals surface area contributed by atoms with Gasteiger partial charge in [-0.25, -0.2) is 0 Å². The number of rotatable bonds is 1. The lowest BCUT2D eigenvalue weighted by molar-refractivity contribution is -0.681. The van der Waals surface area contributed by atoms with Crippen molar-refractivity contribution in [2.75, 3.05) is 0 Å². The van der Waals surface area contributed by atoms with Crippen LogP contribution in [0.1, 0.15) is 0 Å². The predicted molar refractivity (Wildman–Crippen MR) is 59.5 cm³/mol. The maximum Gasteiger partial charge on any atom is 0.277 e. The van der Waals surface area contributed by atoms with E-state index in [0.29, 0.717) is 5.39 Å². The number of aryl methyl sites for hydroxylation is 1. The topological polar surface area (TPSA) is 47.0 Å². The summed E-state index contributed by atoms with van der Waals surface area (Å²) in [6.45, 7) is 0. The first-order valence-corrected chi connectivity index (χ1v) is 5.12. The van der Waals surface area contributed by atoms with Crippen molar-refractivity contribution in [2.45, 2.75) is 0 Å². The summed E-state index contributed by atoms with van der Waals surface area (Å²) in [6.07, 6.45) is 1.79. The molecule has 0 unspecified atom stereocenters. The van der Waals surface area contributed by atoms with E-state index in [1.54, 1.807) is 18.3 Å². The molecule has 0 saturated carbocycles. The highest BCUT2D eigenvalue weighted by Crippen LogP contribution is 2.27. The lowest BCUT2D eigenvalue weighted by atomic mass is 10.1. The molecule has 1 heterocycles. The lowest BCUT2D eigenvalue weighted by Crippen LogP contribution is -2.28. The zero-order chi connectivity index (χ0) is 11.0. The van der Waals surface area contributed by atoms with Gasteiger partial charge in [0.1, 0.15) is 7.05 Å². The first kappa shape index (κ1) is 10.0. The number of nitrogens with zero attached hydrogens (tertiary/aromatic N) is 2. The van der Waals surface area contributed by atoms with Crippen LogP contribution in [-0.2, 0) is 7.05 Å². The van der Waals surface area contributed by atoms with Crippen molar-refractivity contribution >= 4 is 32.4 Å². The van der Waals surface area contributed by atoms with Crippen LogP contribution in [0.4, 0.5) is 5.69 Å². The van der Waals surface area contributed by atoms with E-state index in [0.717, 1.165) is 9.99 Å². The quantitative estimate of drug-likeness (QED) is 0.345. The SMILES string of the molecule is C[n+]1ccc2c([N+](=O)[O-])cccc2c1Br. The van der Waals surface area contributed by atoms with Crippen LogP contribution in [0.25, 0.3) is 10.8 Å². The number of pyridine rings is 1. The first-order chi connectivity index (χ1) is 7.11. The van der Waals surface area contributed by atoms with Gasteiger partial charge in [0.15, 0.2) is 6.20 Å². The molecule has 15 heavy (non-hydrogen) atoms. The summed E-state index contributed by atoms with van der Waals surface area (Å²) in [6, 6.07) is 6.80. The molecule has 0 N–H and O–H groups in total. The number of nitro benzene ring substituents is 1. The second kappa shape index (κ2) is 3.58. The fourth-order valence-electron chi connectivity index (χ4n) is 1.51. The Morgan fingerprint density at radius 3 is 2.73 bits per heavy atom. The minimum atomic E-state index is -0.366. The van der Waals surface area contributed by atoms with Crippen molar-refractivity contribution in [1.29, 1.82) is 0 Å². The minimum absolute atomic E-state index is 0.133. The van der Waals surface area contributed by atoms with Crippen LogP contribution in [0, 0.1) is 10.1 Å². The number of nitro groups is 1. The summed E-state index contributed by atoms with van der Waals surface area (Å²) in [5.74, 6) is 0. The average Bonchev–Trinajstić information content (AvgIpc) is 2.23. The van der Waals surface area contributed by atoms with E-state index in [1.807, 2.05) is 17.7 Å². The number of halogens is 1. The van der Waals surface area contributed by atoms with Crippen LogP contribution < -0.4 is 4.57 Å². The summed E-state index contributed by atoms with van der Waals surface area (Å²) < 4.78 is 2.70. The number of aromatic nitrogens is 1. The fraction of sp³-hybridized carbons (Fsp3) is 0.100.